The van der Waals surface area contributed by atoms with Gasteiger partial charge in [-0.05, 0) is 73.2 Å². The van der Waals surface area contributed by atoms with Crippen LogP contribution in [0.25, 0.3) is 17.1 Å². The molecule has 0 unspecified atom stereocenters. The SMILES string of the molecule is Cc1ccc(N2C(=O)CS/C2=N\C(=O)NCCCc2cccc(-c3ncn(-c4ccc(OC(F)(F)F)cc4)n3)c2)c(C(C)C)c1. The molecule has 234 valence electrons. The minimum atomic E-state index is -4.76. The van der Waals surface area contributed by atoms with E-state index in [1.807, 2.05) is 43.3 Å². The fourth-order valence-electron chi connectivity index (χ4n) is 4.82. The van der Waals surface area contributed by atoms with Crippen molar-refractivity contribution in [2.45, 2.75) is 45.9 Å². The van der Waals surface area contributed by atoms with E-state index in [9.17, 15) is 22.8 Å². The summed E-state index contributed by atoms with van der Waals surface area (Å²) in [6.45, 7) is 6.53. The molecule has 0 spiro atoms. The lowest BCUT2D eigenvalue weighted by molar-refractivity contribution is -0.274. The van der Waals surface area contributed by atoms with Crippen LogP contribution in [0.3, 0.4) is 0 Å². The Balaban J connectivity index is 1.16. The van der Waals surface area contributed by atoms with Gasteiger partial charge in [0.15, 0.2) is 11.0 Å². The number of rotatable bonds is 9. The second kappa shape index (κ2) is 13.6. The summed E-state index contributed by atoms with van der Waals surface area (Å²) in [5.41, 5.74) is 5.20. The van der Waals surface area contributed by atoms with E-state index in [4.69, 9.17) is 0 Å². The summed E-state index contributed by atoms with van der Waals surface area (Å²) in [6.07, 6.45) is -1.95. The van der Waals surface area contributed by atoms with Crippen molar-refractivity contribution in [1.29, 1.82) is 0 Å². The number of nitrogens with zero attached hydrogens (tertiary/aromatic N) is 5. The number of halogens is 3. The molecule has 1 aliphatic heterocycles. The van der Waals surface area contributed by atoms with Crippen molar-refractivity contribution in [2.75, 3.05) is 17.2 Å². The number of aromatic nitrogens is 3. The summed E-state index contributed by atoms with van der Waals surface area (Å²) in [7, 11) is 0. The molecule has 5 rings (SSSR count). The Kier molecular flexibility index (Phi) is 9.57. The van der Waals surface area contributed by atoms with Crippen LogP contribution < -0.4 is 15.0 Å². The van der Waals surface area contributed by atoms with Crippen LogP contribution in [0.15, 0.2) is 78.0 Å². The third-order valence-corrected chi connectivity index (χ3v) is 7.86. The van der Waals surface area contributed by atoms with Gasteiger partial charge in [0.2, 0.25) is 5.91 Å². The van der Waals surface area contributed by atoms with Crippen molar-refractivity contribution in [2.24, 2.45) is 4.99 Å². The largest absolute Gasteiger partial charge is 0.573 e. The topological polar surface area (TPSA) is 102 Å². The Labute approximate surface area is 262 Å². The van der Waals surface area contributed by atoms with Crippen molar-refractivity contribution in [3.05, 3.63) is 89.7 Å². The molecule has 13 heteroatoms. The Morgan fingerprint density at radius 1 is 1.11 bits per heavy atom. The average Bonchev–Trinajstić information content (AvgIpc) is 3.62. The van der Waals surface area contributed by atoms with E-state index >= 15 is 0 Å². The zero-order valence-electron chi connectivity index (χ0n) is 24.8. The molecule has 1 aliphatic rings. The first-order valence-corrected chi connectivity index (χ1v) is 15.3. The van der Waals surface area contributed by atoms with Gasteiger partial charge in [-0.1, -0.05) is 61.5 Å². The van der Waals surface area contributed by atoms with Gasteiger partial charge in [-0.15, -0.1) is 18.3 Å². The van der Waals surface area contributed by atoms with Gasteiger partial charge >= 0.3 is 12.4 Å². The monoisotopic (exact) mass is 636 g/mol. The maximum atomic E-state index is 12.7. The predicted octanol–water partition coefficient (Wildman–Crippen LogP) is 7.04. The van der Waals surface area contributed by atoms with Gasteiger partial charge in [-0.3, -0.25) is 9.69 Å². The molecule has 45 heavy (non-hydrogen) atoms. The highest BCUT2D eigenvalue weighted by molar-refractivity contribution is 8.15. The van der Waals surface area contributed by atoms with E-state index in [1.165, 1.54) is 51.9 Å². The standard InChI is InChI=1S/C32H31F3N6O3S/c1-20(2)26-16-21(3)9-14-27(26)41-28(42)18-45-31(41)38-30(43)36-15-5-7-22-6-4-8-23(17-22)29-37-19-40(39-29)24-10-12-25(13-11-24)44-32(33,34)35/h4,6,8-14,16-17,19-20H,5,7,15,18H2,1-3H3,(H,36,43)/b38-31-. The molecule has 9 nitrogen and oxygen atoms in total. The van der Waals surface area contributed by atoms with Gasteiger partial charge in [0.1, 0.15) is 12.1 Å². The minimum absolute atomic E-state index is 0.107. The number of carbonyl (C=O) groups is 2. The van der Waals surface area contributed by atoms with Crippen LogP contribution in [0.4, 0.5) is 23.7 Å². The molecule has 0 saturated carbocycles. The third-order valence-electron chi connectivity index (χ3n) is 6.94. The fourth-order valence-corrected chi connectivity index (χ4v) is 5.68. The first kappa shape index (κ1) is 31.8. The molecule has 0 radical (unpaired) electrons. The van der Waals surface area contributed by atoms with Gasteiger partial charge in [0.05, 0.1) is 17.1 Å². The molecule has 3 amide bonds. The van der Waals surface area contributed by atoms with Gasteiger partial charge < -0.3 is 10.1 Å². The second-order valence-corrected chi connectivity index (χ2v) is 11.7. The van der Waals surface area contributed by atoms with Crippen LogP contribution in [-0.4, -0.2) is 50.5 Å². The molecule has 2 heterocycles. The van der Waals surface area contributed by atoms with E-state index in [2.05, 4.69) is 45.0 Å². The predicted molar refractivity (Wildman–Crippen MR) is 168 cm³/mol. The summed E-state index contributed by atoms with van der Waals surface area (Å²) in [4.78, 5) is 35.5. The molecule has 1 aromatic heterocycles. The molecule has 3 aromatic carbocycles. The Bertz CT molecular complexity index is 1720. The minimum Gasteiger partial charge on any atom is -0.406 e. The smallest absolute Gasteiger partial charge is 0.406 e. The zero-order valence-corrected chi connectivity index (χ0v) is 25.7. The Morgan fingerprint density at radius 2 is 1.89 bits per heavy atom. The molecule has 0 bridgehead atoms. The number of hydrogen-bond donors (Lipinski definition) is 1. The van der Waals surface area contributed by atoms with Crippen LogP contribution in [-0.2, 0) is 11.2 Å². The summed E-state index contributed by atoms with van der Waals surface area (Å²) in [5.74, 6) is 0.453. The number of aryl methyl sites for hydroxylation is 2. The van der Waals surface area contributed by atoms with Crippen LogP contribution in [0.2, 0.25) is 0 Å². The van der Waals surface area contributed by atoms with E-state index in [0.717, 1.165) is 27.9 Å². The first-order valence-electron chi connectivity index (χ1n) is 14.3. The van der Waals surface area contributed by atoms with E-state index in [1.54, 1.807) is 0 Å². The first-order chi connectivity index (χ1) is 21.5. The maximum absolute atomic E-state index is 12.7. The number of alkyl halides is 3. The fraction of sp³-hybridized carbons (Fsp3) is 0.281. The number of benzene rings is 3. The van der Waals surface area contributed by atoms with Crippen molar-refractivity contribution in [3.8, 4) is 22.8 Å². The Hall–Kier alpha value is -4.65. The third kappa shape index (κ3) is 8.09. The highest BCUT2D eigenvalue weighted by Gasteiger charge is 2.32. The molecular weight excluding hydrogens is 605 g/mol. The number of urea groups is 1. The number of amidine groups is 1. The van der Waals surface area contributed by atoms with Crippen molar-refractivity contribution in [3.63, 3.8) is 0 Å². The summed E-state index contributed by atoms with van der Waals surface area (Å²) < 4.78 is 42.7. The zero-order chi connectivity index (χ0) is 32.1. The van der Waals surface area contributed by atoms with E-state index in [0.29, 0.717) is 36.1 Å². The van der Waals surface area contributed by atoms with Gasteiger partial charge in [-0.25, -0.2) is 14.5 Å². The number of hydrogen-bond acceptors (Lipinski definition) is 6. The lowest BCUT2D eigenvalue weighted by atomic mass is 9.98. The molecular formula is C32H31F3N6O3S. The van der Waals surface area contributed by atoms with Crippen molar-refractivity contribution in [1.82, 2.24) is 20.1 Å². The number of ether oxygens (including phenoxy) is 1. The quantitative estimate of drug-likeness (QED) is 0.198. The van der Waals surface area contributed by atoms with Crippen LogP contribution in [0, 0.1) is 6.92 Å². The molecule has 1 saturated heterocycles. The molecule has 0 atom stereocenters. The number of carbonyl (C=O) groups excluding carboxylic acids is 2. The Morgan fingerprint density at radius 3 is 2.62 bits per heavy atom. The lowest BCUT2D eigenvalue weighted by Crippen LogP contribution is -2.32. The van der Waals surface area contributed by atoms with Crippen LogP contribution >= 0.6 is 11.8 Å². The number of aliphatic imine (C=N–C) groups is 1. The van der Waals surface area contributed by atoms with Gasteiger partial charge in [0.25, 0.3) is 0 Å². The maximum Gasteiger partial charge on any atom is 0.573 e. The summed E-state index contributed by atoms with van der Waals surface area (Å²) in [5, 5.41) is 7.65. The van der Waals surface area contributed by atoms with Crippen molar-refractivity contribution >= 4 is 34.6 Å². The lowest BCUT2D eigenvalue weighted by Gasteiger charge is -2.22. The number of amides is 3. The van der Waals surface area contributed by atoms with Gasteiger partial charge in [0, 0.05) is 12.1 Å². The molecule has 4 aromatic rings. The number of thioether (sulfide) groups is 1. The number of anilines is 1. The summed E-state index contributed by atoms with van der Waals surface area (Å²) in [6, 6.07) is 18.4. The highest BCUT2D eigenvalue weighted by Crippen LogP contribution is 2.34. The van der Waals surface area contributed by atoms with Crippen molar-refractivity contribution < 1.29 is 27.5 Å². The average molecular weight is 637 g/mol. The second-order valence-electron chi connectivity index (χ2n) is 10.7. The summed E-state index contributed by atoms with van der Waals surface area (Å²) >= 11 is 1.25. The molecule has 1 fully saturated rings. The molecule has 1 N–H and O–H groups in total. The van der Waals surface area contributed by atoms with E-state index in [-0.39, 0.29) is 23.3 Å². The number of nitrogens with one attached hydrogen (secondary N) is 1. The van der Waals surface area contributed by atoms with Gasteiger partial charge in [-0.2, -0.15) is 4.99 Å². The van der Waals surface area contributed by atoms with Crippen LogP contribution in [0.5, 0.6) is 5.75 Å². The molecule has 0 aliphatic carbocycles. The van der Waals surface area contributed by atoms with E-state index < -0.39 is 12.4 Å². The normalized spacial score (nSPS) is 14.4. The van der Waals surface area contributed by atoms with Crippen LogP contribution in [0.1, 0.15) is 42.9 Å². The highest BCUT2D eigenvalue weighted by atomic mass is 32.2.